The number of hydrogen-bond acceptors (Lipinski definition) is 6. The first-order valence-corrected chi connectivity index (χ1v) is 8.80. The van der Waals surface area contributed by atoms with Crippen LogP contribution in [0.25, 0.3) is 0 Å². The molecule has 1 aromatic rings. The van der Waals surface area contributed by atoms with Crippen molar-refractivity contribution in [3.63, 3.8) is 0 Å². The van der Waals surface area contributed by atoms with E-state index < -0.39 is 23.8 Å². The smallest absolute Gasteiger partial charge is 0.337 e. The summed E-state index contributed by atoms with van der Waals surface area (Å²) in [6.45, 7) is 0.359. The molecule has 6 nitrogen and oxygen atoms in total. The van der Waals surface area contributed by atoms with E-state index in [9.17, 15) is 14.0 Å². The molecule has 3 heterocycles. The van der Waals surface area contributed by atoms with Gasteiger partial charge in [-0.3, -0.25) is 4.79 Å². The van der Waals surface area contributed by atoms with Gasteiger partial charge >= 0.3 is 5.97 Å². The number of cyclic esters (lactones) is 1. The fourth-order valence-electron chi connectivity index (χ4n) is 3.57. The van der Waals surface area contributed by atoms with E-state index in [2.05, 4.69) is 21.2 Å². The Morgan fingerprint density at radius 3 is 2.85 bits per heavy atom. The highest BCUT2D eigenvalue weighted by atomic mass is 79.9. The molecule has 2 atom stereocenters. The number of benzene rings is 1. The molecule has 0 aliphatic carbocycles. The number of Topliss-reactive ketones (excluding diaryl/α,β-unsaturated/α-hetero) is 1. The van der Waals surface area contributed by atoms with Gasteiger partial charge in [0, 0.05) is 24.3 Å². The topological polar surface area (TPSA) is 73.9 Å². The predicted octanol–water partition coefficient (Wildman–Crippen LogP) is 1.95. The number of carbonyl (C=O) groups excluding carboxylic acids is 2. The van der Waals surface area contributed by atoms with E-state index in [1.807, 2.05) is 0 Å². The van der Waals surface area contributed by atoms with Crippen molar-refractivity contribution in [3.8, 4) is 0 Å². The summed E-state index contributed by atoms with van der Waals surface area (Å²) in [4.78, 5) is 25.1. The van der Waals surface area contributed by atoms with Gasteiger partial charge in [0.2, 0.25) is 0 Å². The summed E-state index contributed by atoms with van der Waals surface area (Å²) in [6.07, 6.45) is -0.583. The number of ketones is 1. The molecule has 1 N–H and O–H groups in total. The first kappa shape index (κ1) is 17.4. The van der Waals surface area contributed by atoms with E-state index in [0.29, 0.717) is 28.1 Å². The van der Waals surface area contributed by atoms with E-state index >= 15 is 0 Å². The molecule has 3 aliphatic heterocycles. The number of esters is 1. The molecule has 0 amide bonds. The third-order valence-corrected chi connectivity index (χ3v) is 5.25. The molecule has 1 aromatic carbocycles. The van der Waals surface area contributed by atoms with E-state index in [4.69, 9.17) is 14.2 Å². The highest BCUT2D eigenvalue weighted by Crippen LogP contribution is 2.44. The van der Waals surface area contributed by atoms with Crippen LogP contribution in [0.2, 0.25) is 0 Å². The van der Waals surface area contributed by atoms with Crippen molar-refractivity contribution in [1.29, 1.82) is 0 Å². The average molecular weight is 424 g/mol. The maximum Gasteiger partial charge on any atom is 0.337 e. The minimum Gasteiger partial charge on any atom is -0.450 e. The summed E-state index contributed by atoms with van der Waals surface area (Å²) in [7, 11) is 1.52. The summed E-state index contributed by atoms with van der Waals surface area (Å²) in [5.41, 5.74) is 2.62. The van der Waals surface area contributed by atoms with Crippen LogP contribution in [0.4, 0.5) is 4.39 Å². The predicted molar refractivity (Wildman–Crippen MR) is 91.6 cm³/mol. The van der Waals surface area contributed by atoms with Crippen LogP contribution in [0.5, 0.6) is 0 Å². The lowest BCUT2D eigenvalue weighted by atomic mass is 9.78. The van der Waals surface area contributed by atoms with Crippen LogP contribution in [0, 0.1) is 5.82 Å². The first-order chi connectivity index (χ1) is 12.5. The molecule has 0 saturated heterocycles. The van der Waals surface area contributed by atoms with Crippen LogP contribution in [-0.2, 0) is 23.8 Å². The second-order valence-corrected chi connectivity index (χ2v) is 7.07. The summed E-state index contributed by atoms with van der Waals surface area (Å²) in [5.74, 6) is -1.77. The zero-order valence-corrected chi connectivity index (χ0v) is 15.4. The fourth-order valence-corrected chi connectivity index (χ4v) is 3.96. The van der Waals surface area contributed by atoms with E-state index in [-0.39, 0.29) is 30.1 Å². The minimum absolute atomic E-state index is 0.0570. The highest BCUT2D eigenvalue weighted by molar-refractivity contribution is 9.10. The normalized spacial score (nSPS) is 25.0. The zero-order valence-electron chi connectivity index (χ0n) is 13.8. The molecule has 4 rings (SSSR count). The standard InChI is InChI=1S/C18H15BrFNO5/c1-24-7-13-17-16(18(23)26-13)14(8-2-3-10(20)9(19)4-8)15-11(21-17)5-25-6-12(15)22/h2-4,13-14,21H,5-7H2,1H3/t13-,14-/m1/s1. The van der Waals surface area contributed by atoms with Crippen molar-refractivity contribution < 1.29 is 28.2 Å². The molecule has 0 saturated carbocycles. The van der Waals surface area contributed by atoms with Crippen LogP contribution in [-0.4, -0.2) is 44.8 Å². The number of hydrogen-bond donors (Lipinski definition) is 1. The molecule has 8 heteroatoms. The van der Waals surface area contributed by atoms with E-state index in [0.717, 1.165) is 0 Å². The number of halogens is 2. The van der Waals surface area contributed by atoms with E-state index in [1.165, 1.54) is 13.2 Å². The Morgan fingerprint density at radius 2 is 2.12 bits per heavy atom. The summed E-state index contributed by atoms with van der Waals surface area (Å²) in [6, 6.07) is 4.46. The number of methoxy groups -OCH3 is 1. The van der Waals surface area contributed by atoms with Gasteiger partial charge < -0.3 is 19.5 Å². The van der Waals surface area contributed by atoms with Gasteiger partial charge in [-0.05, 0) is 33.6 Å². The number of dihydropyridines is 1. The van der Waals surface area contributed by atoms with Crippen LogP contribution in [0.15, 0.2) is 45.2 Å². The molecule has 136 valence electrons. The zero-order chi connectivity index (χ0) is 18.4. The number of carbonyl (C=O) groups is 2. The first-order valence-electron chi connectivity index (χ1n) is 8.01. The molecule has 0 fully saturated rings. The lowest BCUT2D eigenvalue weighted by Gasteiger charge is -2.32. The Kier molecular flexibility index (Phi) is 4.42. The van der Waals surface area contributed by atoms with Crippen molar-refractivity contribution in [2.24, 2.45) is 0 Å². The summed E-state index contributed by atoms with van der Waals surface area (Å²) < 4.78 is 29.9. The monoisotopic (exact) mass is 423 g/mol. The van der Waals surface area contributed by atoms with Crippen molar-refractivity contribution in [3.05, 3.63) is 56.6 Å². The highest BCUT2D eigenvalue weighted by Gasteiger charge is 2.46. The van der Waals surface area contributed by atoms with Gasteiger partial charge in [-0.1, -0.05) is 6.07 Å². The maximum absolute atomic E-state index is 13.7. The van der Waals surface area contributed by atoms with Crippen molar-refractivity contribution in [2.75, 3.05) is 26.9 Å². The Balaban J connectivity index is 1.89. The van der Waals surface area contributed by atoms with Gasteiger partial charge in [-0.15, -0.1) is 0 Å². The Morgan fingerprint density at radius 1 is 1.31 bits per heavy atom. The third kappa shape index (κ3) is 2.69. The lowest BCUT2D eigenvalue weighted by Crippen LogP contribution is -2.38. The number of rotatable bonds is 3. The van der Waals surface area contributed by atoms with Crippen LogP contribution in [0.1, 0.15) is 11.5 Å². The quantitative estimate of drug-likeness (QED) is 0.749. The van der Waals surface area contributed by atoms with Crippen LogP contribution in [0.3, 0.4) is 0 Å². The molecule has 0 aromatic heterocycles. The fraction of sp³-hybridized carbons (Fsp3) is 0.333. The second kappa shape index (κ2) is 6.61. The number of nitrogens with one attached hydrogen (secondary N) is 1. The van der Waals surface area contributed by atoms with Crippen molar-refractivity contribution in [2.45, 2.75) is 12.0 Å². The molecular formula is C18H15BrFNO5. The summed E-state index contributed by atoms with van der Waals surface area (Å²) >= 11 is 3.17. The second-order valence-electron chi connectivity index (χ2n) is 6.22. The lowest BCUT2D eigenvalue weighted by molar-refractivity contribution is -0.141. The van der Waals surface area contributed by atoms with Crippen molar-refractivity contribution in [1.82, 2.24) is 5.32 Å². The van der Waals surface area contributed by atoms with Gasteiger partial charge in [0.25, 0.3) is 0 Å². The number of ether oxygens (including phenoxy) is 3. The van der Waals surface area contributed by atoms with Gasteiger partial charge in [0.05, 0.1) is 29.0 Å². The average Bonchev–Trinajstić information content (AvgIpc) is 2.92. The molecule has 0 spiro atoms. The molecule has 0 radical (unpaired) electrons. The molecular weight excluding hydrogens is 409 g/mol. The SMILES string of the molecule is COC[C@H]1OC(=O)C2=C1NC1=C(C(=O)COC1)[C@H]2c1ccc(F)c(Br)c1. The summed E-state index contributed by atoms with van der Waals surface area (Å²) in [5, 5.41) is 3.14. The molecule has 0 bridgehead atoms. The largest absolute Gasteiger partial charge is 0.450 e. The Hall–Kier alpha value is -2.03. The third-order valence-electron chi connectivity index (χ3n) is 4.64. The van der Waals surface area contributed by atoms with Crippen LogP contribution < -0.4 is 5.32 Å². The van der Waals surface area contributed by atoms with Gasteiger partial charge in [0.15, 0.2) is 11.9 Å². The van der Waals surface area contributed by atoms with Crippen LogP contribution >= 0.6 is 15.9 Å². The molecule has 3 aliphatic rings. The maximum atomic E-state index is 13.7. The minimum atomic E-state index is -0.635. The van der Waals surface area contributed by atoms with Gasteiger partial charge in [-0.2, -0.15) is 0 Å². The van der Waals surface area contributed by atoms with Gasteiger partial charge in [-0.25, -0.2) is 9.18 Å². The Labute approximate surface area is 157 Å². The van der Waals surface area contributed by atoms with Crippen molar-refractivity contribution >= 4 is 27.7 Å². The molecule has 0 unspecified atom stereocenters. The Bertz CT molecular complexity index is 878. The van der Waals surface area contributed by atoms with E-state index in [1.54, 1.807) is 12.1 Å². The van der Waals surface area contributed by atoms with Gasteiger partial charge in [0.1, 0.15) is 12.4 Å². The molecule has 26 heavy (non-hydrogen) atoms.